The molecular formula is C15H13N3O2. The minimum atomic E-state index is -0.238. The van der Waals surface area contributed by atoms with Gasteiger partial charge in [-0.25, -0.2) is 4.98 Å². The van der Waals surface area contributed by atoms with Crippen molar-refractivity contribution in [1.29, 1.82) is 0 Å². The monoisotopic (exact) mass is 267 g/mol. The highest BCUT2D eigenvalue weighted by molar-refractivity contribution is 6.04. The number of phenolic OH excluding ortho intramolecular Hbond substituents is 1. The number of nitrogens with zero attached hydrogens (tertiary/aromatic N) is 1. The smallest absolute Gasteiger partial charge is 0.255 e. The summed E-state index contributed by atoms with van der Waals surface area (Å²) in [4.78, 5) is 19.4. The van der Waals surface area contributed by atoms with E-state index in [1.54, 1.807) is 18.3 Å². The summed E-state index contributed by atoms with van der Waals surface area (Å²) in [6, 6.07) is 9.93. The first-order chi connectivity index (χ1) is 9.61. The Bertz CT molecular complexity index is 775. The first-order valence-electron chi connectivity index (χ1n) is 6.17. The van der Waals surface area contributed by atoms with Crippen LogP contribution >= 0.6 is 0 Å². The highest BCUT2D eigenvalue weighted by Crippen LogP contribution is 2.18. The van der Waals surface area contributed by atoms with Gasteiger partial charge in [-0.3, -0.25) is 4.79 Å². The molecule has 2 aromatic heterocycles. The number of hydrogen-bond acceptors (Lipinski definition) is 3. The van der Waals surface area contributed by atoms with E-state index in [-0.39, 0.29) is 11.7 Å². The largest absolute Gasteiger partial charge is 0.508 e. The lowest BCUT2D eigenvalue weighted by atomic mass is 10.2. The molecule has 0 aliphatic carbocycles. The van der Waals surface area contributed by atoms with Crippen LogP contribution in [0.3, 0.4) is 0 Å². The van der Waals surface area contributed by atoms with E-state index < -0.39 is 0 Å². The molecule has 3 aromatic rings. The summed E-state index contributed by atoms with van der Waals surface area (Å²) < 4.78 is 0. The van der Waals surface area contributed by atoms with E-state index in [1.165, 1.54) is 12.1 Å². The van der Waals surface area contributed by atoms with Crippen molar-refractivity contribution in [3.63, 3.8) is 0 Å². The summed E-state index contributed by atoms with van der Waals surface area (Å²) >= 11 is 0. The molecule has 1 amide bonds. The zero-order chi connectivity index (χ0) is 14.1. The number of phenols is 1. The molecule has 5 heteroatoms. The number of aromatic amines is 1. The van der Waals surface area contributed by atoms with Gasteiger partial charge in [0.25, 0.3) is 5.91 Å². The number of aromatic nitrogens is 2. The molecule has 3 rings (SSSR count). The minimum absolute atomic E-state index is 0.132. The second-order valence-corrected chi connectivity index (χ2v) is 4.62. The maximum absolute atomic E-state index is 12.0. The molecule has 0 saturated heterocycles. The third-order valence-electron chi connectivity index (χ3n) is 2.99. The lowest BCUT2D eigenvalue weighted by molar-refractivity contribution is 0.102. The Morgan fingerprint density at radius 1 is 1.25 bits per heavy atom. The number of amides is 1. The predicted octanol–water partition coefficient (Wildman–Crippen LogP) is 2.83. The third-order valence-corrected chi connectivity index (χ3v) is 2.99. The van der Waals surface area contributed by atoms with Crippen LogP contribution in [0.5, 0.6) is 5.75 Å². The van der Waals surface area contributed by atoms with Crippen molar-refractivity contribution >= 4 is 22.6 Å². The van der Waals surface area contributed by atoms with Crippen molar-refractivity contribution in [3.05, 3.63) is 53.9 Å². The fraction of sp³-hybridized carbons (Fsp3) is 0.0667. The average molecular weight is 267 g/mol. The van der Waals surface area contributed by atoms with E-state index in [2.05, 4.69) is 15.3 Å². The van der Waals surface area contributed by atoms with Crippen LogP contribution in [0.25, 0.3) is 11.0 Å². The highest BCUT2D eigenvalue weighted by atomic mass is 16.3. The summed E-state index contributed by atoms with van der Waals surface area (Å²) in [5.74, 6) is -0.106. The number of anilines is 1. The Kier molecular flexibility index (Phi) is 2.87. The average Bonchev–Trinajstić information content (AvgIpc) is 2.78. The molecule has 5 nitrogen and oxygen atoms in total. The second-order valence-electron chi connectivity index (χ2n) is 4.62. The molecule has 0 fully saturated rings. The number of aromatic hydroxyl groups is 1. The summed E-state index contributed by atoms with van der Waals surface area (Å²) in [6.07, 6.45) is 1.61. The third kappa shape index (κ3) is 2.33. The van der Waals surface area contributed by atoms with Gasteiger partial charge in [-0.1, -0.05) is 0 Å². The van der Waals surface area contributed by atoms with Gasteiger partial charge in [0.15, 0.2) is 0 Å². The number of carbonyl (C=O) groups is 1. The van der Waals surface area contributed by atoms with Crippen molar-refractivity contribution in [1.82, 2.24) is 9.97 Å². The fourth-order valence-electron chi connectivity index (χ4n) is 2.04. The Hall–Kier alpha value is -2.82. The maximum atomic E-state index is 12.0. The van der Waals surface area contributed by atoms with Crippen LogP contribution in [0, 0.1) is 6.92 Å². The number of hydrogen-bond donors (Lipinski definition) is 3. The van der Waals surface area contributed by atoms with Crippen molar-refractivity contribution in [2.24, 2.45) is 0 Å². The first-order valence-corrected chi connectivity index (χ1v) is 6.17. The SMILES string of the molecule is Cc1cc2cc(NC(=O)c3ccc(O)cc3)cnc2[nH]1. The Balaban J connectivity index is 1.84. The van der Waals surface area contributed by atoms with Gasteiger partial charge in [-0.2, -0.15) is 0 Å². The van der Waals surface area contributed by atoms with E-state index in [9.17, 15) is 9.90 Å². The zero-order valence-corrected chi connectivity index (χ0v) is 10.8. The molecule has 3 N–H and O–H groups in total. The molecule has 0 saturated carbocycles. The van der Waals surface area contributed by atoms with E-state index in [4.69, 9.17) is 0 Å². The molecule has 0 atom stereocenters. The molecule has 0 bridgehead atoms. The van der Waals surface area contributed by atoms with Crippen LogP contribution in [0.4, 0.5) is 5.69 Å². The normalized spacial score (nSPS) is 10.7. The number of aryl methyl sites for hydroxylation is 1. The van der Waals surface area contributed by atoms with Crippen molar-refractivity contribution in [2.45, 2.75) is 6.92 Å². The number of fused-ring (bicyclic) bond motifs is 1. The molecule has 100 valence electrons. The number of H-pyrrole nitrogens is 1. The van der Waals surface area contributed by atoms with E-state index in [0.717, 1.165) is 16.7 Å². The van der Waals surface area contributed by atoms with Crippen LogP contribution < -0.4 is 5.32 Å². The van der Waals surface area contributed by atoms with Crippen molar-refractivity contribution < 1.29 is 9.90 Å². The molecule has 20 heavy (non-hydrogen) atoms. The van der Waals surface area contributed by atoms with Crippen LogP contribution in [0.1, 0.15) is 16.1 Å². The van der Waals surface area contributed by atoms with Gasteiger partial charge in [-0.15, -0.1) is 0 Å². The van der Waals surface area contributed by atoms with Gasteiger partial charge in [0.1, 0.15) is 11.4 Å². The summed E-state index contributed by atoms with van der Waals surface area (Å²) in [7, 11) is 0. The van der Waals surface area contributed by atoms with Crippen LogP contribution in [-0.2, 0) is 0 Å². The van der Waals surface area contributed by atoms with Gasteiger partial charge in [0.2, 0.25) is 0 Å². The second kappa shape index (κ2) is 4.70. The van der Waals surface area contributed by atoms with Crippen LogP contribution in [0.15, 0.2) is 42.6 Å². The molecule has 0 spiro atoms. The van der Waals surface area contributed by atoms with Crippen molar-refractivity contribution in [2.75, 3.05) is 5.32 Å². The molecule has 1 aromatic carbocycles. The number of pyridine rings is 1. The Labute approximate surface area is 115 Å². The molecule has 0 aliphatic heterocycles. The van der Waals surface area contributed by atoms with Gasteiger partial charge in [0, 0.05) is 16.6 Å². The number of rotatable bonds is 2. The Morgan fingerprint density at radius 2 is 2.00 bits per heavy atom. The predicted molar refractivity (Wildman–Crippen MR) is 76.9 cm³/mol. The van der Waals surface area contributed by atoms with E-state index in [1.807, 2.05) is 19.1 Å². The first kappa shape index (κ1) is 12.2. The number of nitrogens with one attached hydrogen (secondary N) is 2. The zero-order valence-electron chi connectivity index (χ0n) is 10.8. The van der Waals surface area contributed by atoms with Gasteiger partial charge >= 0.3 is 0 Å². The molecular weight excluding hydrogens is 254 g/mol. The number of benzene rings is 1. The summed E-state index contributed by atoms with van der Waals surface area (Å²) in [5, 5.41) is 12.9. The molecule has 0 radical (unpaired) electrons. The minimum Gasteiger partial charge on any atom is -0.508 e. The lowest BCUT2D eigenvalue weighted by Crippen LogP contribution is -2.11. The van der Waals surface area contributed by atoms with Crippen LogP contribution in [-0.4, -0.2) is 21.0 Å². The van der Waals surface area contributed by atoms with Gasteiger partial charge < -0.3 is 15.4 Å². The molecule has 0 unspecified atom stereocenters. The maximum Gasteiger partial charge on any atom is 0.255 e. The standard InChI is InChI=1S/C15H13N3O2/c1-9-6-11-7-12(8-16-14(11)17-9)18-15(20)10-2-4-13(19)5-3-10/h2-8,19H,1H3,(H,16,17)(H,18,20). The Morgan fingerprint density at radius 3 is 2.75 bits per heavy atom. The number of carbonyl (C=O) groups excluding carboxylic acids is 1. The van der Waals surface area contributed by atoms with Crippen LogP contribution in [0.2, 0.25) is 0 Å². The lowest BCUT2D eigenvalue weighted by Gasteiger charge is -2.05. The van der Waals surface area contributed by atoms with Gasteiger partial charge in [-0.05, 0) is 43.3 Å². The van der Waals surface area contributed by atoms with E-state index in [0.29, 0.717) is 11.3 Å². The van der Waals surface area contributed by atoms with Crippen molar-refractivity contribution in [3.8, 4) is 5.75 Å². The highest BCUT2D eigenvalue weighted by Gasteiger charge is 2.07. The fourth-order valence-corrected chi connectivity index (χ4v) is 2.04. The summed E-state index contributed by atoms with van der Waals surface area (Å²) in [6.45, 7) is 1.95. The van der Waals surface area contributed by atoms with Gasteiger partial charge in [0.05, 0.1) is 11.9 Å². The summed E-state index contributed by atoms with van der Waals surface area (Å²) in [5.41, 5.74) is 2.93. The quantitative estimate of drug-likeness (QED) is 0.668. The molecule has 2 heterocycles. The molecule has 0 aliphatic rings. The topological polar surface area (TPSA) is 78.0 Å². The van der Waals surface area contributed by atoms with E-state index >= 15 is 0 Å².